The van der Waals surface area contributed by atoms with Crippen LogP contribution in [0.15, 0.2) is 33.7 Å². The summed E-state index contributed by atoms with van der Waals surface area (Å²) in [5.41, 5.74) is 1.84. The van der Waals surface area contributed by atoms with Gasteiger partial charge in [0.1, 0.15) is 12.0 Å². The molecule has 2 aliphatic heterocycles. The van der Waals surface area contributed by atoms with Crippen LogP contribution in [0.3, 0.4) is 0 Å². The first kappa shape index (κ1) is 22.2. The lowest BCUT2D eigenvalue weighted by molar-refractivity contribution is -0.134. The first-order valence-electron chi connectivity index (χ1n) is 10.6. The Kier molecular flexibility index (Phi) is 6.96. The van der Waals surface area contributed by atoms with E-state index in [2.05, 4.69) is 4.90 Å². The molecule has 0 spiro atoms. The number of benzene rings is 1. The van der Waals surface area contributed by atoms with Crippen molar-refractivity contribution in [3.05, 3.63) is 51.6 Å². The van der Waals surface area contributed by atoms with Crippen molar-refractivity contribution in [2.24, 2.45) is 0 Å². The highest BCUT2D eigenvalue weighted by atomic mass is 16.5. The van der Waals surface area contributed by atoms with E-state index in [-0.39, 0.29) is 23.7 Å². The van der Waals surface area contributed by atoms with E-state index in [0.717, 1.165) is 24.2 Å². The molecule has 4 rings (SSSR count). The van der Waals surface area contributed by atoms with Gasteiger partial charge < -0.3 is 28.3 Å². The van der Waals surface area contributed by atoms with Crippen LogP contribution in [-0.2, 0) is 29.0 Å². The molecular weight excluding hydrogens is 416 g/mol. The molecule has 1 fully saturated rings. The summed E-state index contributed by atoms with van der Waals surface area (Å²) < 4.78 is 27.1. The quantitative estimate of drug-likeness (QED) is 0.634. The highest BCUT2D eigenvalue weighted by Gasteiger charge is 2.23. The average Bonchev–Trinajstić information content (AvgIpc) is 2.82. The van der Waals surface area contributed by atoms with Gasteiger partial charge in [0.15, 0.2) is 18.1 Å². The van der Waals surface area contributed by atoms with Gasteiger partial charge in [-0.05, 0) is 29.7 Å². The molecule has 1 saturated heterocycles. The summed E-state index contributed by atoms with van der Waals surface area (Å²) in [7, 11) is 3.19. The molecule has 0 unspecified atom stereocenters. The Morgan fingerprint density at radius 3 is 2.41 bits per heavy atom. The van der Waals surface area contributed by atoms with Gasteiger partial charge in [-0.25, -0.2) is 0 Å². The molecule has 0 radical (unpaired) electrons. The number of nitrogens with zero attached hydrogens (tertiary/aromatic N) is 2. The Bertz CT molecular complexity index is 1010. The zero-order chi connectivity index (χ0) is 22.5. The maximum atomic E-state index is 12.7. The van der Waals surface area contributed by atoms with Crippen molar-refractivity contribution in [1.29, 1.82) is 0 Å². The first-order chi connectivity index (χ1) is 15.6. The topological polar surface area (TPSA) is 90.7 Å². The van der Waals surface area contributed by atoms with Gasteiger partial charge in [0.25, 0.3) is 5.91 Å². The summed E-state index contributed by atoms with van der Waals surface area (Å²) in [6.07, 6.45) is 1.99. The van der Waals surface area contributed by atoms with Gasteiger partial charge in [0.05, 0.1) is 34.0 Å². The maximum Gasteiger partial charge on any atom is 0.260 e. The maximum absolute atomic E-state index is 12.7. The van der Waals surface area contributed by atoms with E-state index in [1.54, 1.807) is 19.1 Å². The normalized spacial score (nSPS) is 16.4. The monoisotopic (exact) mass is 444 g/mol. The molecule has 9 nitrogen and oxygen atoms in total. The van der Waals surface area contributed by atoms with Gasteiger partial charge >= 0.3 is 0 Å². The lowest BCUT2D eigenvalue weighted by Crippen LogP contribution is -2.39. The Morgan fingerprint density at radius 1 is 1.00 bits per heavy atom. The Balaban J connectivity index is 1.34. The summed E-state index contributed by atoms with van der Waals surface area (Å²) >= 11 is 0. The molecule has 0 N–H and O–H groups in total. The van der Waals surface area contributed by atoms with E-state index in [1.807, 2.05) is 12.1 Å². The van der Waals surface area contributed by atoms with E-state index in [1.165, 1.54) is 12.3 Å². The van der Waals surface area contributed by atoms with Crippen LogP contribution in [0.2, 0.25) is 0 Å². The van der Waals surface area contributed by atoms with Crippen LogP contribution in [0, 0.1) is 0 Å². The van der Waals surface area contributed by atoms with Crippen molar-refractivity contribution in [3.63, 3.8) is 0 Å². The molecule has 0 bridgehead atoms. The van der Waals surface area contributed by atoms with Crippen molar-refractivity contribution in [1.82, 2.24) is 9.80 Å². The van der Waals surface area contributed by atoms with E-state index in [9.17, 15) is 9.59 Å². The molecule has 2 aliphatic rings. The number of morpholine rings is 1. The van der Waals surface area contributed by atoms with E-state index >= 15 is 0 Å². The second-order valence-corrected chi connectivity index (χ2v) is 7.79. The van der Waals surface area contributed by atoms with Gasteiger partial charge in [-0.15, -0.1) is 0 Å². The van der Waals surface area contributed by atoms with Gasteiger partial charge in [0.2, 0.25) is 11.2 Å². The standard InChI is InChI=1S/C23H28N2O7/c1-28-20-9-16-3-4-25(12-17(16)10-21(20)29-2)23(27)15-32-22-14-31-18(11-19(22)26)13-24-5-7-30-8-6-24/h9-11,14H,3-8,12-13,15H2,1-2H3. The highest BCUT2D eigenvalue weighted by Crippen LogP contribution is 2.33. The molecule has 2 aromatic rings. The highest BCUT2D eigenvalue weighted by molar-refractivity contribution is 5.78. The number of fused-ring (bicyclic) bond motifs is 1. The zero-order valence-corrected chi connectivity index (χ0v) is 18.4. The van der Waals surface area contributed by atoms with Crippen molar-refractivity contribution in [3.8, 4) is 17.2 Å². The van der Waals surface area contributed by atoms with Crippen LogP contribution in [0.1, 0.15) is 16.9 Å². The van der Waals surface area contributed by atoms with Gasteiger partial charge in [-0.3, -0.25) is 14.5 Å². The lowest BCUT2D eigenvalue weighted by Gasteiger charge is -2.29. The molecule has 1 aromatic carbocycles. The second-order valence-electron chi connectivity index (χ2n) is 7.79. The molecule has 0 aliphatic carbocycles. The fourth-order valence-corrected chi connectivity index (χ4v) is 3.93. The first-order valence-corrected chi connectivity index (χ1v) is 10.6. The number of rotatable bonds is 7. The molecule has 32 heavy (non-hydrogen) atoms. The predicted molar refractivity (Wildman–Crippen MR) is 115 cm³/mol. The smallest absolute Gasteiger partial charge is 0.260 e. The van der Waals surface area contributed by atoms with Crippen LogP contribution in [0.4, 0.5) is 0 Å². The Hall–Kier alpha value is -3.04. The van der Waals surface area contributed by atoms with Crippen LogP contribution in [0.25, 0.3) is 0 Å². The molecule has 0 atom stereocenters. The van der Waals surface area contributed by atoms with Crippen LogP contribution >= 0.6 is 0 Å². The molecule has 9 heteroatoms. The average molecular weight is 444 g/mol. The minimum absolute atomic E-state index is 0.0351. The zero-order valence-electron chi connectivity index (χ0n) is 18.4. The lowest BCUT2D eigenvalue weighted by atomic mass is 9.99. The van der Waals surface area contributed by atoms with Crippen molar-refractivity contribution in [2.45, 2.75) is 19.5 Å². The van der Waals surface area contributed by atoms with E-state index < -0.39 is 0 Å². The fourth-order valence-electron chi connectivity index (χ4n) is 3.93. The number of ether oxygens (including phenoxy) is 4. The van der Waals surface area contributed by atoms with Gasteiger partial charge in [0, 0.05) is 32.2 Å². The Labute approximate surface area is 186 Å². The number of hydrogen-bond donors (Lipinski definition) is 0. The molecule has 1 aromatic heterocycles. The number of carbonyl (C=O) groups is 1. The third-order valence-electron chi connectivity index (χ3n) is 5.76. The summed E-state index contributed by atoms with van der Waals surface area (Å²) in [6.45, 7) is 4.28. The van der Waals surface area contributed by atoms with Gasteiger partial charge in [-0.2, -0.15) is 0 Å². The predicted octanol–water partition coefficient (Wildman–Crippen LogP) is 1.45. The SMILES string of the molecule is COc1cc2c(cc1OC)CN(C(=O)COc1coc(CN3CCOCC3)cc1=O)CC2. The van der Waals surface area contributed by atoms with Crippen molar-refractivity contribution in [2.75, 3.05) is 53.7 Å². The molecule has 0 saturated carbocycles. The van der Waals surface area contributed by atoms with Crippen molar-refractivity contribution >= 4 is 5.91 Å². The fraction of sp³-hybridized carbons (Fsp3) is 0.478. The van der Waals surface area contributed by atoms with Gasteiger partial charge in [-0.1, -0.05) is 0 Å². The van der Waals surface area contributed by atoms with E-state index in [0.29, 0.717) is 56.5 Å². The van der Waals surface area contributed by atoms with E-state index in [4.69, 9.17) is 23.4 Å². The van der Waals surface area contributed by atoms with Crippen LogP contribution in [0.5, 0.6) is 17.2 Å². The summed E-state index contributed by atoms with van der Waals surface area (Å²) in [6, 6.07) is 5.28. The van der Waals surface area contributed by atoms with Crippen molar-refractivity contribution < 1.29 is 28.2 Å². The third kappa shape index (κ3) is 5.05. The number of hydrogen-bond acceptors (Lipinski definition) is 8. The summed E-state index contributed by atoms with van der Waals surface area (Å²) in [4.78, 5) is 28.9. The molecule has 3 heterocycles. The number of amides is 1. The van der Waals surface area contributed by atoms with Crippen LogP contribution < -0.4 is 19.6 Å². The number of carbonyl (C=O) groups excluding carboxylic acids is 1. The molecular formula is C23H28N2O7. The largest absolute Gasteiger partial charge is 0.493 e. The summed E-state index contributed by atoms with van der Waals surface area (Å²) in [5, 5.41) is 0. The molecule has 1 amide bonds. The third-order valence-corrected chi connectivity index (χ3v) is 5.76. The van der Waals surface area contributed by atoms with Crippen LogP contribution in [-0.4, -0.2) is 69.4 Å². The Morgan fingerprint density at radius 2 is 1.72 bits per heavy atom. The molecule has 172 valence electrons. The number of methoxy groups -OCH3 is 2. The minimum atomic E-state index is -0.298. The second kappa shape index (κ2) is 10.1. The minimum Gasteiger partial charge on any atom is -0.493 e. The summed E-state index contributed by atoms with van der Waals surface area (Å²) in [5.74, 6) is 1.72.